The van der Waals surface area contributed by atoms with Gasteiger partial charge in [0.25, 0.3) is 5.91 Å². The maximum atomic E-state index is 12.0. The van der Waals surface area contributed by atoms with Gasteiger partial charge in [0, 0.05) is 5.69 Å². The lowest BCUT2D eigenvalue weighted by Crippen LogP contribution is -2.10. The van der Waals surface area contributed by atoms with Crippen molar-refractivity contribution in [3.05, 3.63) is 53.5 Å². The molecule has 0 saturated carbocycles. The Bertz CT molecular complexity index is 564. The lowest BCUT2D eigenvalue weighted by molar-refractivity contribution is 0.102. The van der Waals surface area contributed by atoms with Crippen LogP contribution in [0.4, 0.5) is 5.69 Å². The Labute approximate surface area is 122 Å². The van der Waals surface area contributed by atoms with Crippen molar-refractivity contribution in [3.63, 3.8) is 0 Å². The zero-order valence-electron chi connectivity index (χ0n) is 11.4. The molecule has 0 spiro atoms. The molecule has 0 bridgehead atoms. The van der Waals surface area contributed by atoms with Gasteiger partial charge in [0.1, 0.15) is 12.0 Å². The van der Waals surface area contributed by atoms with Gasteiger partial charge in [0.05, 0.1) is 12.1 Å². The Balaban J connectivity index is 1.97. The normalized spacial score (nSPS) is 10.5. The van der Waals surface area contributed by atoms with E-state index in [0.717, 1.165) is 17.9 Å². The van der Waals surface area contributed by atoms with Crippen LogP contribution in [0, 0.1) is 0 Å². The first-order chi connectivity index (χ1) is 9.72. The summed E-state index contributed by atoms with van der Waals surface area (Å²) in [6.45, 7) is 0.289. The van der Waals surface area contributed by atoms with Crippen LogP contribution in [0.2, 0.25) is 0 Å². The molecule has 4 nitrogen and oxygen atoms in total. The second kappa shape index (κ2) is 7.17. The number of furan rings is 1. The predicted octanol–water partition coefficient (Wildman–Crippen LogP) is 2.90. The summed E-state index contributed by atoms with van der Waals surface area (Å²) in [5, 5.41) is 2.83. The second-order valence-corrected chi connectivity index (χ2v) is 5.39. The minimum Gasteiger partial charge on any atom is -0.467 e. The lowest BCUT2D eigenvalue weighted by Gasteiger charge is -2.05. The molecule has 2 rings (SSSR count). The van der Waals surface area contributed by atoms with Gasteiger partial charge in [0.15, 0.2) is 0 Å². The summed E-state index contributed by atoms with van der Waals surface area (Å²) in [5.41, 5.74) is 7.97. The Morgan fingerprint density at radius 1 is 1.35 bits per heavy atom. The van der Waals surface area contributed by atoms with Crippen molar-refractivity contribution in [1.82, 2.24) is 0 Å². The number of nitrogens with one attached hydrogen (secondary N) is 1. The Kier molecular flexibility index (Phi) is 5.26. The zero-order chi connectivity index (χ0) is 14.4. The van der Waals surface area contributed by atoms with Gasteiger partial charge in [0.2, 0.25) is 0 Å². The zero-order valence-corrected chi connectivity index (χ0v) is 12.2. The minimum atomic E-state index is -0.190. The molecule has 0 saturated heterocycles. The van der Waals surface area contributed by atoms with Crippen LogP contribution in [-0.4, -0.2) is 17.9 Å². The quantitative estimate of drug-likeness (QED) is 0.858. The first-order valence-electron chi connectivity index (χ1n) is 6.39. The molecule has 20 heavy (non-hydrogen) atoms. The molecule has 0 atom stereocenters. The number of carbonyl (C=O) groups excluding carboxylic acids is 1. The molecule has 1 heterocycles. The van der Waals surface area contributed by atoms with E-state index in [4.69, 9.17) is 10.2 Å². The maximum Gasteiger partial charge on any atom is 0.258 e. The van der Waals surface area contributed by atoms with Crippen molar-refractivity contribution in [1.29, 1.82) is 0 Å². The molecule has 0 aliphatic carbocycles. The topological polar surface area (TPSA) is 68.3 Å². The molecule has 1 aromatic carbocycles. The van der Waals surface area contributed by atoms with Gasteiger partial charge in [-0.2, -0.15) is 11.8 Å². The number of nitrogens with two attached hydrogens (primary N) is 1. The van der Waals surface area contributed by atoms with E-state index in [0.29, 0.717) is 11.3 Å². The molecule has 5 heteroatoms. The summed E-state index contributed by atoms with van der Waals surface area (Å²) in [7, 11) is 0. The Hall–Kier alpha value is -1.72. The van der Waals surface area contributed by atoms with Crippen LogP contribution in [0.25, 0.3) is 0 Å². The van der Waals surface area contributed by atoms with Gasteiger partial charge in [-0.15, -0.1) is 0 Å². The van der Waals surface area contributed by atoms with E-state index in [1.165, 1.54) is 11.8 Å². The number of carbonyl (C=O) groups is 1. The summed E-state index contributed by atoms with van der Waals surface area (Å²) >= 11 is 1.82. The molecular weight excluding hydrogens is 272 g/mol. The number of thioether (sulfide) groups is 1. The van der Waals surface area contributed by atoms with Crippen molar-refractivity contribution in [2.75, 3.05) is 17.3 Å². The smallest absolute Gasteiger partial charge is 0.258 e. The minimum absolute atomic E-state index is 0.190. The molecule has 0 radical (unpaired) electrons. The standard InChI is InChI=1S/C15H18N2O2S/c1-20-7-6-11-2-4-13(5-3-11)17-15(18)12-8-14(9-16)19-10-12/h2-5,8,10H,6-7,9,16H2,1H3,(H,17,18). The van der Waals surface area contributed by atoms with E-state index >= 15 is 0 Å². The highest BCUT2D eigenvalue weighted by atomic mass is 32.2. The highest BCUT2D eigenvalue weighted by Crippen LogP contribution is 2.14. The second-order valence-electron chi connectivity index (χ2n) is 4.40. The van der Waals surface area contributed by atoms with Crippen LogP contribution < -0.4 is 11.1 Å². The molecule has 1 amide bonds. The highest BCUT2D eigenvalue weighted by Gasteiger charge is 2.09. The van der Waals surface area contributed by atoms with E-state index < -0.39 is 0 Å². The van der Waals surface area contributed by atoms with Crippen LogP contribution >= 0.6 is 11.8 Å². The third-order valence-electron chi connectivity index (χ3n) is 2.92. The van der Waals surface area contributed by atoms with Crippen LogP contribution in [0.15, 0.2) is 41.0 Å². The molecule has 3 N–H and O–H groups in total. The maximum absolute atomic E-state index is 12.0. The molecule has 106 valence electrons. The highest BCUT2D eigenvalue weighted by molar-refractivity contribution is 7.98. The number of aryl methyl sites for hydroxylation is 1. The molecule has 0 aliphatic heterocycles. The molecule has 1 aromatic heterocycles. The largest absolute Gasteiger partial charge is 0.467 e. The SMILES string of the molecule is CSCCc1ccc(NC(=O)c2coc(CN)c2)cc1. The first-order valence-corrected chi connectivity index (χ1v) is 7.79. The summed E-state index contributed by atoms with van der Waals surface area (Å²) in [6, 6.07) is 9.55. The molecule has 0 fully saturated rings. The predicted molar refractivity (Wildman–Crippen MR) is 83.1 cm³/mol. The van der Waals surface area contributed by atoms with Crippen molar-refractivity contribution >= 4 is 23.4 Å². The number of amides is 1. The van der Waals surface area contributed by atoms with Gasteiger partial charge in [-0.25, -0.2) is 0 Å². The van der Waals surface area contributed by atoms with Crippen molar-refractivity contribution in [3.8, 4) is 0 Å². The van der Waals surface area contributed by atoms with E-state index in [2.05, 4.69) is 11.6 Å². The van der Waals surface area contributed by atoms with Crippen LogP contribution in [0.1, 0.15) is 21.7 Å². The molecule has 0 unspecified atom stereocenters. The number of benzene rings is 1. The monoisotopic (exact) mass is 290 g/mol. The average Bonchev–Trinajstić information content (AvgIpc) is 2.95. The fourth-order valence-electron chi connectivity index (χ4n) is 1.78. The van der Waals surface area contributed by atoms with Gasteiger partial charge >= 0.3 is 0 Å². The molecule has 0 aliphatic rings. The number of anilines is 1. The third-order valence-corrected chi connectivity index (χ3v) is 3.54. The Morgan fingerprint density at radius 3 is 2.70 bits per heavy atom. The summed E-state index contributed by atoms with van der Waals surface area (Å²) in [6.07, 6.45) is 4.55. The summed E-state index contributed by atoms with van der Waals surface area (Å²) in [5.74, 6) is 1.51. The number of hydrogen-bond acceptors (Lipinski definition) is 4. The van der Waals surface area contributed by atoms with E-state index in [-0.39, 0.29) is 12.5 Å². The summed E-state index contributed by atoms with van der Waals surface area (Å²) < 4.78 is 5.15. The molecular formula is C15H18N2O2S. The van der Waals surface area contributed by atoms with Crippen molar-refractivity contribution in [2.24, 2.45) is 5.73 Å². The fourth-order valence-corrected chi connectivity index (χ4v) is 2.22. The van der Waals surface area contributed by atoms with E-state index in [1.54, 1.807) is 6.07 Å². The van der Waals surface area contributed by atoms with Crippen LogP contribution in [0.3, 0.4) is 0 Å². The van der Waals surface area contributed by atoms with Crippen molar-refractivity contribution < 1.29 is 9.21 Å². The van der Waals surface area contributed by atoms with Gasteiger partial charge in [-0.3, -0.25) is 4.79 Å². The fraction of sp³-hybridized carbons (Fsp3) is 0.267. The average molecular weight is 290 g/mol. The van der Waals surface area contributed by atoms with E-state index in [9.17, 15) is 4.79 Å². The summed E-state index contributed by atoms with van der Waals surface area (Å²) in [4.78, 5) is 12.0. The first kappa shape index (κ1) is 14.7. The van der Waals surface area contributed by atoms with Crippen LogP contribution in [-0.2, 0) is 13.0 Å². The van der Waals surface area contributed by atoms with Crippen LogP contribution in [0.5, 0.6) is 0 Å². The van der Waals surface area contributed by atoms with E-state index in [1.807, 2.05) is 36.0 Å². The number of hydrogen-bond donors (Lipinski definition) is 2. The van der Waals surface area contributed by atoms with Gasteiger partial charge < -0.3 is 15.5 Å². The van der Waals surface area contributed by atoms with Gasteiger partial charge in [-0.05, 0) is 42.2 Å². The van der Waals surface area contributed by atoms with Gasteiger partial charge in [-0.1, -0.05) is 12.1 Å². The molecule has 2 aromatic rings. The van der Waals surface area contributed by atoms with Crippen molar-refractivity contribution in [2.45, 2.75) is 13.0 Å². The third kappa shape index (κ3) is 3.88. The number of rotatable bonds is 6. The lowest BCUT2D eigenvalue weighted by atomic mass is 10.1. The Morgan fingerprint density at radius 2 is 2.10 bits per heavy atom.